The van der Waals surface area contributed by atoms with Gasteiger partial charge in [0.05, 0.1) is 24.4 Å². The average Bonchev–Trinajstić information content (AvgIpc) is 3.36. The topological polar surface area (TPSA) is 98.5 Å². The molecule has 8 nitrogen and oxygen atoms in total. The zero-order valence-corrected chi connectivity index (χ0v) is 19.2. The number of aliphatic hydroxyl groups excluding tert-OH is 1. The summed E-state index contributed by atoms with van der Waals surface area (Å²) in [6, 6.07) is 13.6. The van der Waals surface area contributed by atoms with Gasteiger partial charge in [-0.1, -0.05) is 18.2 Å². The molecular weight excluding hydrogens is 418 g/mol. The number of amides is 1. The first-order chi connectivity index (χ1) is 15.9. The van der Waals surface area contributed by atoms with E-state index in [-0.39, 0.29) is 5.91 Å². The molecule has 2 aromatic carbocycles. The summed E-state index contributed by atoms with van der Waals surface area (Å²) < 4.78 is 9.96. The highest BCUT2D eigenvalue weighted by molar-refractivity contribution is 6.00. The Bertz CT molecular complexity index is 1360. The van der Waals surface area contributed by atoms with Crippen LogP contribution < -0.4 is 10.5 Å². The second-order valence-electron chi connectivity index (χ2n) is 8.64. The number of aromatic nitrogens is 3. The van der Waals surface area contributed by atoms with Crippen molar-refractivity contribution in [3.63, 3.8) is 0 Å². The molecule has 0 aliphatic carbocycles. The smallest absolute Gasteiger partial charge is 0.254 e. The van der Waals surface area contributed by atoms with Crippen molar-refractivity contribution in [1.29, 1.82) is 0 Å². The van der Waals surface area contributed by atoms with Crippen molar-refractivity contribution in [1.82, 2.24) is 19.0 Å². The summed E-state index contributed by atoms with van der Waals surface area (Å²) in [5, 5.41) is 11.1. The SMILES string of the molecule is CCn1c(-c2nc3cc(C(=O)N4CC[C@@H](O)[C@@H](N)C4)cc(OC)c3n2C)cc2ccccc21. The van der Waals surface area contributed by atoms with Gasteiger partial charge >= 0.3 is 0 Å². The van der Waals surface area contributed by atoms with Gasteiger partial charge in [0, 0.05) is 49.2 Å². The highest BCUT2D eigenvalue weighted by atomic mass is 16.5. The van der Waals surface area contributed by atoms with Crippen molar-refractivity contribution in [3.05, 3.63) is 48.0 Å². The standard InChI is InChI=1S/C25H29N5O3/c1-4-30-19-8-6-5-7-15(19)12-20(30)24-27-18-11-16(13-22(33-3)23(18)28(24)2)25(32)29-10-9-21(31)17(26)14-29/h5-8,11-13,17,21,31H,4,9-10,14,26H2,1-3H3/t17-,21+/m0/s1. The lowest BCUT2D eigenvalue weighted by molar-refractivity contribution is 0.0459. The number of hydrogen-bond acceptors (Lipinski definition) is 5. The number of imidazole rings is 1. The first-order valence-electron chi connectivity index (χ1n) is 11.3. The molecule has 1 saturated heterocycles. The van der Waals surface area contributed by atoms with Crippen LogP contribution in [0.3, 0.4) is 0 Å². The Morgan fingerprint density at radius 2 is 2.06 bits per heavy atom. The number of methoxy groups -OCH3 is 1. The maximum absolute atomic E-state index is 13.2. The molecule has 0 radical (unpaired) electrons. The van der Waals surface area contributed by atoms with E-state index in [2.05, 4.69) is 29.7 Å². The van der Waals surface area contributed by atoms with Crippen LogP contribution >= 0.6 is 0 Å². The molecule has 3 N–H and O–H groups in total. The fourth-order valence-corrected chi connectivity index (χ4v) is 4.89. The largest absolute Gasteiger partial charge is 0.494 e. The predicted molar refractivity (Wildman–Crippen MR) is 128 cm³/mol. The molecule has 1 aliphatic rings. The van der Waals surface area contributed by atoms with Crippen LogP contribution in [0.15, 0.2) is 42.5 Å². The van der Waals surface area contributed by atoms with Crippen molar-refractivity contribution in [2.45, 2.75) is 32.0 Å². The molecule has 1 aliphatic heterocycles. The van der Waals surface area contributed by atoms with Crippen LogP contribution in [0, 0.1) is 0 Å². The van der Waals surface area contributed by atoms with Crippen LogP contribution in [0.2, 0.25) is 0 Å². The van der Waals surface area contributed by atoms with Gasteiger partial charge in [-0.3, -0.25) is 4.79 Å². The molecule has 1 amide bonds. The van der Waals surface area contributed by atoms with E-state index in [0.717, 1.165) is 34.5 Å². The zero-order valence-electron chi connectivity index (χ0n) is 19.2. The Morgan fingerprint density at radius 3 is 2.79 bits per heavy atom. The van der Waals surface area contributed by atoms with E-state index in [1.54, 1.807) is 18.1 Å². The number of hydrogen-bond donors (Lipinski definition) is 2. The Labute approximate surface area is 192 Å². The van der Waals surface area contributed by atoms with E-state index in [0.29, 0.717) is 36.3 Å². The number of carbonyl (C=O) groups excluding carboxylic acids is 1. The number of ether oxygens (including phenoxy) is 1. The maximum Gasteiger partial charge on any atom is 0.254 e. The van der Waals surface area contributed by atoms with Crippen LogP contribution in [0.1, 0.15) is 23.7 Å². The molecule has 4 aromatic rings. The maximum atomic E-state index is 13.2. The number of fused-ring (bicyclic) bond motifs is 2. The number of piperidine rings is 1. The number of benzene rings is 2. The minimum atomic E-state index is -0.574. The Kier molecular flexibility index (Phi) is 5.34. The number of aryl methyl sites for hydroxylation is 2. The molecule has 0 saturated carbocycles. The third-order valence-electron chi connectivity index (χ3n) is 6.66. The van der Waals surface area contributed by atoms with Crippen LogP contribution in [-0.2, 0) is 13.6 Å². The van der Waals surface area contributed by atoms with Crippen molar-refractivity contribution >= 4 is 27.8 Å². The van der Waals surface area contributed by atoms with Crippen molar-refractivity contribution in [3.8, 4) is 17.3 Å². The average molecular weight is 448 g/mol. The molecule has 1 fully saturated rings. The van der Waals surface area contributed by atoms with Gasteiger partial charge in [0.25, 0.3) is 5.91 Å². The fourth-order valence-electron chi connectivity index (χ4n) is 4.89. The van der Waals surface area contributed by atoms with Gasteiger partial charge in [-0.2, -0.15) is 0 Å². The van der Waals surface area contributed by atoms with E-state index in [1.807, 2.05) is 29.8 Å². The first kappa shape index (κ1) is 21.5. The summed E-state index contributed by atoms with van der Waals surface area (Å²) in [6.45, 7) is 3.73. The van der Waals surface area contributed by atoms with Crippen molar-refractivity contribution in [2.75, 3.05) is 20.2 Å². The second kappa shape index (κ2) is 8.20. The summed E-state index contributed by atoms with van der Waals surface area (Å²) in [5.74, 6) is 1.28. The van der Waals surface area contributed by atoms with E-state index >= 15 is 0 Å². The summed E-state index contributed by atoms with van der Waals surface area (Å²) >= 11 is 0. The monoisotopic (exact) mass is 447 g/mol. The number of para-hydroxylation sites is 1. The van der Waals surface area contributed by atoms with Crippen LogP contribution in [-0.4, -0.2) is 62.4 Å². The lowest BCUT2D eigenvalue weighted by atomic mass is 10.0. The van der Waals surface area contributed by atoms with Gasteiger partial charge < -0.3 is 29.6 Å². The molecule has 2 aromatic heterocycles. The highest BCUT2D eigenvalue weighted by Gasteiger charge is 2.29. The zero-order chi connectivity index (χ0) is 23.3. The van der Waals surface area contributed by atoms with E-state index < -0.39 is 12.1 Å². The minimum absolute atomic E-state index is 0.132. The number of nitrogens with two attached hydrogens (primary N) is 1. The predicted octanol–water partition coefficient (Wildman–Crippen LogP) is 2.76. The van der Waals surface area contributed by atoms with E-state index in [1.165, 1.54) is 0 Å². The van der Waals surface area contributed by atoms with Gasteiger partial charge in [0.1, 0.15) is 11.3 Å². The number of carbonyl (C=O) groups is 1. The quantitative estimate of drug-likeness (QED) is 0.501. The third-order valence-corrected chi connectivity index (χ3v) is 6.66. The van der Waals surface area contributed by atoms with Gasteiger partial charge in [0.2, 0.25) is 0 Å². The van der Waals surface area contributed by atoms with Gasteiger partial charge in [-0.05, 0) is 37.6 Å². The molecule has 3 heterocycles. The number of rotatable bonds is 4. The van der Waals surface area contributed by atoms with Crippen LogP contribution in [0.25, 0.3) is 33.5 Å². The van der Waals surface area contributed by atoms with E-state index in [4.69, 9.17) is 15.5 Å². The number of nitrogens with zero attached hydrogens (tertiary/aromatic N) is 4. The summed E-state index contributed by atoms with van der Waals surface area (Å²) in [4.78, 5) is 19.9. The molecule has 5 rings (SSSR count). The molecule has 0 bridgehead atoms. The van der Waals surface area contributed by atoms with Crippen molar-refractivity contribution in [2.24, 2.45) is 12.8 Å². The molecule has 8 heteroatoms. The second-order valence-corrected chi connectivity index (χ2v) is 8.64. The number of aliphatic hydroxyl groups is 1. The van der Waals surface area contributed by atoms with Gasteiger partial charge in [-0.15, -0.1) is 0 Å². The lowest BCUT2D eigenvalue weighted by Crippen LogP contribution is -2.53. The van der Waals surface area contributed by atoms with Gasteiger partial charge in [-0.25, -0.2) is 4.98 Å². The van der Waals surface area contributed by atoms with Gasteiger partial charge in [0.15, 0.2) is 5.82 Å². The number of likely N-dealkylation sites (tertiary alicyclic amines) is 1. The van der Waals surface area contributed by atoms with Crippen LogP contribution in [0.4, 0.5) is 0 Å². The normalized spacial score (nSPS) is 18.9. The van der Waals surface area contributed by atoms with Crippen molar-refractivity contribution < 1.29 is 14.6 Å². The first-order valence-corrected chi connectivity index (χ1v) is 11.3. The summed E-state index contributed by atoms with van der Waals surface area (Å²) in [7, 11) is 3.57. The summed E-state index contributed by atoms with van der Waals surface area (Å²) in [6.07, 6.45) is -0.101. The Hall–Kier alpha value is -3.36. The molecule has 0 spiro atoms. The molecular formula is C25H29N5O3. The van der Waals surface area contributed by atoms with Crippen LogP contribution in [0.5, 0.6) is 5.75 Å². The molecule has 33 heavy (non-hydrogen) atoms. The Morgan fingerprint density at radius 1 is 1.27 bits per heavy atom. The lowest BCUT2D eigenvalue weighted by Gasteiger charge is -2.34. The highest BCUT2D eigenvalue weighted by Crippen LogP contribution is 2.34. The fraction of sp³-hybridized carbons (Fsp3) is 0.360. The molecule has 2 atom stereocenters. The Balaban J connectivity index is 1.62. The molecule has 0 unspecified atom stereocenters. The summed E-state index contributed by atoms with van der Waals surface area (Å²) in [5.41, 5.74) is 10.2. The minimum Gasteiger partial charge on any atom is -0.494 e. The van der Waals surface area contributed by atoms with E-state index in [9.17, 15) is 9.90 Å². The third kappa shape index (κ3) is 3.46. The molecule has 172 valence electrons.